The van der Waals surface area contributed by atoms with E-state index >= 15 is 0 Å². The Bertz CT molecular complexity index is 884. The van der Waals surface area contributed by atoms with Crippen LogP contribution in [0.2, 0.25) is 5.02 Å². The Morgan fingerprint density at radius 3 is 2.54 bits per heavy atom. The molecule has 1 heterocycles. The van der Waals surface area contributed by atoms with Crippen LogP contribution < -0.4 is 16.2 Å². The van der Waals surface area contributed by atoms with Gasteiger partial charge in [0.15, 0.2) is 9.84 Å². The highest BCUT2D eigenvalue weighted by Crippen LogP contribution is 2.22. The van der Waals surface area contributed by atoms with Gasteiger partial charge in [-0.1, -0.05) is 17.7 Å². The van der Waals surface area contributed by atoms with Gasteiger partial charge in [-0.25, -0.2) is 18.2 Å². The normalized spacial score (nSPS) is 11.0. The monoisotopic (exact) mass is 368 g/mol. The Morgan fingerprint density at radius 2 is 1.92 bits per heavy atom. The third-order valence-electron chi connectivity index (χ3n) is 3.15. The summed E-state index contributed by atoms with van der Waals surface area (Å²) < 4.78 is 22.9. The van der Waals surface area contributed by atoms with Gasteiger partial charge >= 0.3 is 6.03 Å². The average Bonchev–Trinajstić information content (AvgIpc) is 2.48. The van der Waals surface area contributed by atoms with Gasteiger partial charge < -0.3 is 5.32 Å². The fraction of sp³-hybridized carbons (Fsp3) is 0.200. The summed E-state index contributed by atoms with van der Waals surface area (Å²) in [5, 5.41) is 3.03. The number of nitrogens with one attached hydrogen (secondary N) is 3. The van der Waals surface area contributed by atoms with Crippen LogP contribution >= 0.6 is 11.6 Å². The summed E-state index contributed by atoms with van der Waals surface area (Å²) >= 11 is 6.01. The van der Waals surface area contributed by atoms with Gasteiger partial charge in [0.2, 0.25) is 0 Å². The third kappa shape index (κ3) is 4.59. The number of benzene rings is 1. The number of nitrogens with zero attached hydrogens (tertiary/aromatic N) is 1. The number of aromatic nitrogens is 1. The SMILES string of the molecule is Cc1ccc(Cl)c(NC(=O)NNc2ncc(S(C)(=O)=O)cc2C)c1. The lowest BCUT2D eigenvalue weighted by Gasteiger charge is -2.12. The van der Waals surface area contributed by atoms with E-state index in [0.29, 0.717) is 22.1 Å². The van der Waals surface area contributed by atoms with Crippen LogP contribution in [-0.2, 0) is 9.84 Å². The van der Waals surface area contributed by atoms with E-state index in [1.807, 2.05) is 13.0 Å². The lowest BCUT2D eigenvalue weighted by Crippen LogP contribution is -2.34. The fourth-order valence-corrected chi connectivity index (χ4v) is 2.69. The van der Waals surface area contributed by atoms with E-state index in [4.69, 9.17) is 11.6 Å². The Labute approximate surface area is 145 Å². The Balaban J connectivity index is 2.03. The number of amides is 2. The molecule has 2 aromatic rings. The molecule has 24 heavy (non-hydrogen) atoms. The summed E-state index contributed by atoms with van der Waals surface area (Å²) in [6.45, 7) is 3.56. The maximum absolute atomic E-state index is 11.9. The number of sulfone groups is 1. The number of hydrazine groups is 1. The first-order chi connectivity index (χ1) is 11.2. The molecular formula is C15H17ClN4O3S. The minimum atomic E-state index is -3.33. The zero-order chi connectivity index (χ0) is 17.9. The number of urea groups is 1. The molecule has 9 heteroatoms. The minimum Gasteiger partial charge on any atom is -0.305 e. The molecule has 0 radical (unpaired) electrons. The standard InChI is InChI=1S/C15H17ClN4O3S/c1-9-4-5-12(16)13(6-9)18-15(21)20-19-14-10(2)7-11(8-17-14)24(3,22)23/h4-8H,1-3H3,(H,17,19)(H2,18,20,21). The number of hydrogen-bond acceptors (Lipinski definition) is 5. The van der Waals surface area contributed by atoms with E-state index in [2.05, 4.69) is 21.2 Å². The fourth-order valence-electron chi connectivity index (χ4n) is 1.89. The van der Waals surface area contributed by atoms with Crippen molar-refractivity contribution in [2.45, 2.75) is 18.7 Å². The molecular weight excluding hydrogens is 352 g/mol. The Kier molecular flexibility index (Phi) is 5.30. The van der Waals surface area contributed by atoms with E-state index in [1.54, 1.807) is 19.1 Å². The van der Waals surface area contributed by atoms with E-state index in [1.165, 1.54) is 12.3 Å². The Morgan fingerprint density at radius 1 is 1.21 bits per heavy atom. The summed E-state index contributed by atoms with van der Waals surface area (Å²) in [4.78, 5) is 16.0. The van der Waals surface area contributed by atoms with Crippen LogP contribution in [0.1, 0.15) is 11.1 Å². The largest absolute Gasteiger partial charge is 0.337 e. The highest BCUT2D eigenvalue weighted by atomic mass is 35.5. The van der Waals surface area contributed by atoms with Crippen molar-refractivity contribution in [2.75, 3.05) is 17.0 Å². The molecule has 2 amide bonds. The molecule has 0 unspecified atom stereocenters. The van der Waals surface area contributed by atoms with Crippen molar-refractivity contribution >= 4 is 39.0 Å². The number of anilines is 2. The first-order valence-electron chi connectivity index (χ1n) is 6.92. The van der Waals surface area contributed by atoms with Crippen LogP contribution in [0.4, 0.5) is 16.3 Å². The van der Waals surface area contributed by atoms with Crippen LogP contribution in [0, 0.1) is 13.8 Å². The molecule has 0 aliphatic heterocycles. The van der Waals surface area contributed by atoms with Crippen molar-refractivity contribution in [3.63, 3.8) is 0 Å². The molecule has 0 aliphatic carbocycles. The van der Waals surface area contributed by atoms with Crippen LogP contribution in [0.15, 0.2) is 35.4 Å². The second-order valence-electron chi connectivity index (χ2n) is 5.30. The smallest absolute Gasteiger partial charge is 0.305 e. The zero-order valence-electron chi connectivity index (χ0n) is 13.3. The highest BCUT2D eigenvalue weighted by Gasteiger charge is 2.11. The number of hydrogen-bond donors (Lipinski definition) is 3. The van der Waals surface area contributed by atoms with Crippen molar-refractivity contribution in [3.05, 3.63) is 46.6 Å². The molecule has 3 N–H and O–H groups in total. The van der Waals surface area contributed by atoms with Crippen LogP contribution in [-0.4, -0.2) is 25.7 Å². The molecule has 0 saturated carbocycles. The number of rotatable bonds is 4. The first kappa shape index (κ1) is 18.0. The maximum atomic E-state index is 11.9. The summed E-state index contributed by atoms with van der Waals surface area (Å²) in [6, 6.07) is 6.21. The molecule has 0 fully saturated rings. The molecule has 0 spiro atoms. The van der Waals surface area contributed by atoms with Crippen molar-refractivity contribution in [1.82, 2.24) is 10.4 Å². The van der Waals surface area contributed by atoms with Gasteiger partial charge in [0.1, 0.15) is 5.82 Å². The number of aryl methyl sites for hydroxylation is 2. The predicted octanol–water partition coefficient (Wildman–Crippen LogP) is 2.90. The summed E-state index contributed by atoms with van der Waals surface area (Å²) in [5.74, 6) is 0.341. The molecule has 1 aromatic carbocycles. The van der Waals surface area contributed by atoms with Crippen molar-refractivity contribution in [1.29, 1.82) is 0 Å². The van der Waals surface area contributed by atoms with Gasteiger partial charge in [-0.05, 0) is 43.2 Å². The third-order valence-corrected chi connectivity index (χ3v) is 4.55. The van der Waals surface area contributed by atoms with Crippen molar-refractivity contribution in [3.8, 4) is 0 Å². The van der Waals surface area contributed by atoms with Crippen LogP contribution in [0.25, 0.3) is 0 Å². The number of carbonyl (C=O) groups is 1. The number of carbonyl (C=O) groups excluding carboxylic acids is 1. The number of pyridine rings is 1. The Hall–Kier alpha value is -2.32. The molecule has 2 rings (SSSR count). The van der Waals surface area contributed by atoms with Crippen LogP contribution in [0.5, 0.6) is 0 Å². The van der Waals surface area contributed by atoms with Crippen molar-refractivity contribution < 1.29 is 13.2 Å². The van der Waals surface area contributed by atoms with Crippen molar-refractivity contribution in [2.24, 2.45) is 0 Å². The molecule has 1 aromatic heterocycles. The molecule has 0 atom stereocenters. The summed E-state index contributed by atoms with van der Waals surface area (Å²) in [7, 11) is -3.33. The van der Waals surface area contributed by atoms with E-state index in [9.17, 15) is 13.2 Å². The number of halogens is 1. The van der Waals surface area contributed by atoms with Gasteiger partial charge in [0.25, 0.3) is 0 Å². The first-order valence-corrected chi connectivity index (χ1v) is 9.19. The topological polar surface area (TPSA) is 100 Å². The van der Waals surface area contributed by atoms with Gasteiger partial charge in [-0.15, -0.1) is 0 Å². The quantitative estimate of drug-likeness (QED) is 0.720. The highest BCUT2D eigenvalue weighted by molar-refractivity contribution is 7.90. The van der Waals surface area contributed by atoms with E-state index < -0.39 is 15.9 Å². The molecule has 128 valence electrons. The lowest BCUT2D eigenvalue weighted by atomic mass is 10.2. The van der Waals surface area contributed by atoms with E-state index in [0.717, 1.165) is 11.8 Å². The van der Waals surface area contributed by atoms with E-state index in [-0.39, 0.29) is 4.90 Å². The molecule has 0 bridgehead atoms. The van der Waals surface area contributed by atoms with Gasteiger partial charge in [-0.3, -0.25) is 10.9 Å². The zero-order valence-corrected chi connectivity index (χ0v) is 14.9. The van der Waals surface area contributed by atoms with Crippen LogP contribution in [0.3, 0.4) is 0 Å². The predicted molar refractivity (Wildman–Crippen MR) is 94.0 cm³/mol. The second kappa shape index (κ2) is 7.06. The molecule has 0 saturated heterocycles. The lowest BCUT2D eigenvalue weighted by molar-refractivity contribution is 0.254. The van der Waals surface area contributed by atoms with Gasteiger partial charge in [0, 0.05) is 12.5 Å². The molecule has 7 nitrogen and oxygen atoms in total. The summed E-state index contributed by atoms with van der Waals surface area (Å²) in [6.07, 6.45) is 2.33. The molecule has 0 aliphatic rings. The van der Waals surface area contributed by atoms with Gasteiger partial charge in [0.05, 0.1) is 15.6 Å². The minimum absolute atomic E-state index is 0.113. The van der Waals surface area contributed by atoms with Gasteiger partial charge in [-0.2, -0.15) is 0 Å². The maximum Gasteiger partial charge on any atom is 0.337 e. The average molecular weight is 369 g/mol. The summed E-state index contributed by atoms with van der Waals surface area (Å²) in [5.41, 5.74) is 7.07. The second-order valence-corrected chi connectivity index (χ2v) is 7.72.